The first kappa shape index (κ1) is 64.5. The van der Waals surface area contributed by atoms with Crippen LogP contribution in [0.3, 0.4) is 0 Å². The number of carbonyl (C=O) groups excluding carboxylic acids is 3. The summed E-state index contributed by atoms with van der Waals surface area (Å²) in [7, 11) is 3.26. The molecule has 9 rings (SSSR count). The number of allylic oxidation sites excluding steroid dienone is 9. The van der Waals surface area contributed by atoms with E-state index in [0.29, 0.717) is 29.4 Å². The minimum atomic E-state index is -0.583. The third-order valence-corrected chi connectivity index (χ3v) is 14.7. The average Bonchev–Trinajstić information content (AvgIpc) is 1.41. The van der Waals surface area contributed by atoms with E-state index in [1.54, 1.807) is 6.92 Å². The van der Waals surface area contributed by atoms with Gasteiger partial charge in [0.05, 0.1) is 33.6 Å². The first-order valence-electron chi connectivity index (χ1n) is 26.4. The van der Waals surface area contributed by atoms with Crippen LogP contribution in [0.5, 0.6) is 0 Å². The number of carbonyl (C=O) groups is 3. The summed E-state index contributed by atoms with van der Waals surface area (Å²) in [6.45, 7) is 23.3. The number of nitrogens with zero attached hydrogens (tertiary/aromatic N) is 9. The van der Waals surface area contributed by atoms with E-state index in [2.05, 4.69) is 146 Å². The molecule has 0 fully saturated rings. The van der Waals surface area contributed by atoms with Crippen LogP contribution in [0.25, 0.3) is 44.6 Å². The summed E-state index contributed by atoms with van der Waals surface area (Å²) in [4.78, 5) is 69.3. The molecule has 2 aromatic carbocycles. The Hall–Kier alpha value is -8.71. The number of nitrogens with one attached hydrogen (secondary N) is 1. The average molecular weight is 1220 g/mol. The molecule has 0 amide bonds. The van der Waals surface area contributed by atoms with Crippen LogP contribution >= 0.6 is 22.7 Å². The van der Waals surface area contributed by atoms with Crippen molar-refractivity contribution in [3.63, 3.8) is 0 Å². The fourth-order valence-electron chi connectivity index (χ4n) is 9.37. The van der Waals surface area contributed by atoms with Gasteiger partial charge in [-0.3, -0.25) is 40.0 Å². The monoisotopic (exact) mass is 1220 g/mol. The van der Waals surface area contributed by atoms with Gasteiger partial charge in [0.15, 0.2) is 11.6 Å². The number of esters is 1. The molecule has 0 atom stereocenters. The molecule has 439 valence electrons. The van der Waals surface area contributed by atoms with Crippen LogP contribution < -0.4 is 34.8 Å². The Bertz CT molecular complexity index is 3990. The Labute approximate surface area is 502 Å². The fraction of sp³-hybridized carbons (Fsp3) is 0.283. The third-order valence-electron chi connectivity index (χ3n) is 13.0. The van der Waals surface area contributed by atoms with E-state index < -0.39 is 9.85 Å². The maximum atomic E-state index is 13.6. The van der Waals surface area contributed by atoms with Gasteiger partial charge in [0.1, 0.15) is 40.8 Å². The van der Waals surface area contributed by atoms with Gasteiger partial charge in [-0.15, -0.1) is 0 Å². The summed E-state index contributed by atoms with van der Waals surface area (Å²) in [6, 6.07) is 16.7. The standard InChI is InChI=1S/C40H48N2O3.C11H9N4O4S.C9H6N4O4S.Co/c1-10-13-18-44-39(43)29-17-15-14-16-28(29)38-32-20-30(26(6)19-25(4)5)34(41-11-2)22-36(32)45-37-23-35-31(21-33(37)38)27(7)24-40(8,9)42(35)12-3;1-6-8(16)4-3-7(10(6)19-2)13-14-11-12-5-9(20-11)15(17)18;14-5-1-2-6(7(15)3-5)11-12-9-10-4-8(18-9)13(16)17;/h14-17,19-25H,10-13,18H2,1-9H3;3-5H,2H2,1H3,(H,12,14,16);1-4H,(H2,10,12,14,15);/q;-1;;+2/p-1/b26-19-,41-34?;;;. The zero-order valence-corrected chi connectivity index (χ0v) is 50.5. The number of nitro groups is 2. The number of aliphatic hydroxyl groups is 1. The third kappa shape index (κ3) is 15.1. The summed E-state index contributed by atoms with van der Waals surface area (Å²) in [5, 5.41) is 47.0. The van der Waals surface area contributed by atoms with E-state index in [9.17, 15) is 39.7 Å². The molecule has 1 radical (unpaired) electrons. The van der Waals surface area contributed by atoms with Crippen molar-refractivity contribution < 1.29 is 65.0 Å². The molecule has 84 heavy (non-hydrogen) atoms. The minimum Gasteiger partial charge on any atom is -0.664 e. The molecule has 0 saturated carbocycles. The number of unbranched alkanes of at least 4 members (excludes halogenated alkanes) is 1. The summed E-state index contributed by atoms with van der Waals surface area (Å²) in [5.41, 5.74) is 10.7. The SMILES string of the molecule is CCCCOC(=O)c1ccccc1-c1c2cc(/C(C)=C\C(C)C)c(=[NH+]CC)cc-2oc2cc3c(cc12)C(C)=CC(C)(C)N3CC.O=C1C=C/C(=N\N=c2/[n-]cc([N+](=O)[O-])s2)C(O)=C1.[CH2-]OC1=C(C)C(=O)C=CC1=N/N=c1\[n-]cc([N+](=O)[O-])s1.[Co+2]. The topological polar surface area (TPSA) is 284 Å². The van der Waals surface area contributed by atoms with Crippen LogP contribution in [-0.4, -0.2) is 69.1 Å². The molecular formula is C60H62CoN10O11S2. The Balaban J connectivity index is 0.000000238. The number of anilines is 1. The largest absolute Gasteiger partial charge is 2.00 e. The van der Waals surface area contributed by atoms with Crippen LogP contribution in [-0.2, 0) is 35.8 Å². The summed E-state index contributed by atoms with van der Waals surface area (Å²) < 4.78 is 17.5. The van der Waals surface area contributed by atoms with Crippen LogP contribution in [0.1, 0.15) is 104 Å². The van der Waals surface area contributed by atoms with Gasteiger partial charge in [0.2, 0.25) is 5.36 Å². The zero-order valence-electron chi connectivity index (χ0n) is 47.8. The van der Waals surface area contributed by atoms with Crippen LogP contribution in [0, 0.1) is 33.3 Å². The van der Waals surface area contributed by atoms with Gasteiger partial charge < -0.3 is 44.1 Å². The number of rotatable bonds is 14. The van der Waals surface area contributed by atoms with Crippen LogP contribution in [0.4, 0.5) is 15.7 Å². The first-order chi connectivity index (χ1) is 39.6. The van der Waals surface area contributed by atoms with Gasteiger partial charge in [0.25, 0.3) is 0 Å². The van der Waals surface area contributed by atoms with Crippen molar-refractivity contribution in [2.45, 2.75) is 87.6 Å². The molecule has 0 spiro atoms. The fourth-order valence-corrected chi connectivity index (χ4v) is 10.5. The van der Waals surface area contributed by atoms with Crippen molar-refractivity contribution in [2.24, 2.45) is 26.3 Å². The molecule has 2 aliphatic heterocycles. The Kier molecular flexibility index (Phi) is 21.9. The molecule has 4 aromatic rings. The number of aromatic nitrogens is 2. The molecule has 3 aliphatic carbocycles. The molecule has 0 unspecified atom stereocenters. The number of likely N-dealkylation sites (N-methyl/N-ethyl adjacent to an activating group) is 1. The van der Waals surface area contributed by atoms with E-state index in [1.165, 1.54) is 41.0 Å². The van der Waals surface area contributed by atoms with Gasteiger partial charge in [0, 0.05) is 79.6 Å². The van der Waals surface area contributed by atoms with Crippen molar-refractivity contribution in [1.29, 1.82) is 0 Å². The molecular weight excluding hydrogens is 1160 g/mol. The second kappa shape index (κ2) is 28.5. The van der Waals surface area contributed by atoms with E-state index in [0.717, 1.165) is 117 Å². The maximum Gasteiger partial charge on any atom is 2.00 e. The summed E-state index contributed by atoms with van der Waals surface area (Å²) in [6.07, 6.45) is 14.9. The Morgan fingerprint density at radius 1 is 0.893 bits per heavy atom. The van der Waals surface area contributed by atoms with Crippen molar-refractivity contribution >= 4 is 89.4 Å². The van der Waals surface area contributed by atoms with E-state index in [4.69, 9.17) is 13.9 Å². The molecule has 4 heterocycles. The summed E-state index contributed by atoms with van der Waals surface area (Å²) in [5.74, 6) is 0.235. The molecule has 24 heteroatoms. The molecule has 0 bridgehead atoms. The predicted octanol–water partition coefficient (Wildman–Crippen LogP) is 9.78. The van der Waals surface area contributed by atoms with Crippen LogP contribution in [0.15, 0.2) is 145 Å². The Morgan fingerprint density at radius 2 is 1.54 bits per heavy atom. The van der Waals surface area contributed by atoms with Gasteiger partial charge in [-0.2, -0.15) is 7.11 Å². The van der Waals surface area contributed by atoms with Gasteiger partial charge >= 0.3 is 32.8 Å². The van der Waals surface area contributed by atoms with Gasteiger partial charge in [-0.25, -0.2) is 9.79 Å². The number of hydrogen-bond acceptors (Lipinski definition) is 18. The predicted molar refractivity (Wildman–Crippen MR) is 320 cm³/mol. The van der Waals surface area contributed by atoms with E-state index in [-0.39, 0.29) is 76.7 Å². The minimum absolute atomic E-state index is 0. The van der Waals surface area contributed by atoms with Crippen molar-refractivity contribution in [3.05, 3.63) is 180 Å². The number of fused-ring (bicyclic) bond motifs is 3. The number of ketones is 2. The van der Waals surface area contributed by atoms with Gasteiger partial charge in [-0.05, 0) is 120 Å². The zero-order chi connectivity index (χ0) is 60.3. The van der Waals surface area contributed by atoms with Crippen molar-refractivity contribution in [2.75, 3.05) is 24.6 Å². The molecule has 5 aliphatic rings. The van der Waals surface area contributed by atoms with Crippen molar-refractivity contribution in [3.8, 4) is 22.5 Å². The van der Waals surface area contributed by atoms with E-state index >= 15 is 0 Å². The second-order valence-corrected chi connectivity index (χ2v) is 21.8. The maximum absolute atomic E-state index is 13.6. The number of benzene rings is 3. The number of aliphatic hydroxyl groups excluding tert-OH is 1. The molecule has 21 nitrogen and oxygen atoms in total. The normalized spacial score (nSPS) is 16.3. The van der Waals surface area contributed by atoms with E-state index in [1.807, 2.05) is 24.3 Å². The quantitative estimate of drug-likeness (QED) is 0.0195. The second-order valence-electron chi connectivity index (χ2n) is 19.8. The molecule has 0 saturated heterocycles. The number of ether oxygens (including phenoxy) is 2. The van der Waals surface area contributed by atoms with Crippen molar-refractivity contribution in [1.82, 2.24) is 9.97 Å². The molecule has 2 aromatic heterocycles. The van der Waals surface area contributed by atoms with Gasteiger partial charge in [-0.1, -0.05) is 80.2 Å². The van der Waals surface area contributed by atoms with Crippen LogP contribution in [0.2, 0.25) is 0 Å². The number of thiazole rings is 2. The summed E-state index contributed by atoms with van der Waals surface area (Å²) >= 11 is 1.55. The molecule has 2 N–H and O–H groups in total. The Morgan fingerprint density at radius 3 is 2.12 bits per heavy atom. The smallest absolute Gasteiger partial charge is 0.664 e. The number of hydrogen-bond donors (Lipinski definition) is 2. The first-order valence-corrected chi connectivity index (χ1v) is 28.1.